The smallest absolute Gasteiger partial charge is 0.274 e. The molecule has 0 radical (unpaired) electrons. The van der Waals surface area contributed by atoms with Gasteiger partial charge < -0.3 is 9.73 Å². The lowest BCUT2D eigenvalue weighted by atomic mass is 10.2. The van der Waals surface area contributed by atoms with Gasteiger partial charge in [0.2, 0.25) is 5.09 Å². The van der Waals surface area contributed by atoms with Gasteiger partial charge in [-0.15, -0.1) is 0 Å². The molecule has 0 aliphatic heterocycles. The summed E-state index contributed by atoms with van der Waals surface area (Å²) in [6.45, 7) is 8.91. The Kier molecular flexibility index (Phi) is 6.06. The van der Waals surface area contributed by atoms with Crippen molar-refractivity contribution in [2.45, 2.75) is 25.5 Å². The van der Waals surface area contributed by atoms with Gasteiger partial charge in [0.05, 0.1) is 6.54 Å². The molecule has 1 aromatic rings. The van der Waals surface area contributed by atoms with Gasteiger partial charge in [0.15, 0.2) is 0 Å². The lowest BCUT2D eigenvalue weighted by molar-refractivity contribution is 0.395. The highest BCUT2D eigenvalue weighted by Gasteiger charge is 2.18. The zero-order valence-corrected chi connectivity index (χ0v) is 12.6. The maximum Gasteiger partial charge on any atom is 0.274 e. The molecule has 0 aromatic carbocycles. The third-order valence-electron chi connectivity index (χ3n) is 2.21. The molecular weight excluding hydrogens is 288 g/mol. The Bertz CT molecular complexity index is 523. The molecule has 0 saturated carbocycles. The summed E-state index contributed by atoms with van der Waals surface area (Å²) >= 11 is 5.51. The maximum absolute atomic E-state index is 11.8. The first-order valence-corrected chi connectivity index (χ1v) is 7.79. The number of hydrogen-bond acceptors (Lipinski definition) is 4. The van der Waals surface area contributed by atoms with E-state index in [4.69, 9.17) is 16.0 Å². The molecule has 0 bridgehead atoms. The molecule has 0 spiro atoms. The minimum absolute atomic E-state index is 0.0223. The van der Waals surface area contributed by atoms with Crippen LogP contribution in [0.25, 0.3) is 0 Å². The minimum atomic E-state index is -3.67. The molecule has 0 unspecified atom stereocenters. The predicted molar refractivity (Wildman–Crippen MR) is 75.4 cm³/mol. The fraction of sp³-hybridized carbons (Fsp3) is 0.500. The van der Waals surface area contributed by atoms with E-state index in [9.17, 15) is 8.42 Å². The van der Waals surface area contributed by atoms with E-state index in [0.29, 0.717) is 18.2 Å². The van der Waals surface area contributed by atoms with Crippen molar-refractivity contribution in [2.24, 2.45) is 5.92 Å². The number of halogens is 1. The normalized spacial score (nSPS) is 12.0. The van der Waals surface area contributed by atoms with Crippen LogP contribution in [-0.4, -0.2) is 21.5 Å². The average Bonchev–Trinajstić information content (AvgIpc) is 2.75. The summed E-state index contributed by atoms with van der Waals surface area (Å²) in [5.74, 6) is 1.10. The van der Waals surface area contributed by atoms with Crippen LogP contribution in [0.4, 0.5) is 0 Å². The molecule has 1 rings (SSSR count). The van der Waals surface area contributed by atoms with Crippen LogP contribution in [-0.2, 0) is 16.6 Å². The topological polar surface area (TPSA) is 71.3 Å². The third-order valence-corrected chi connectivity index (χ3v) is 3.61. The minimum Gasteiger partial charge on any atom is -0.447 e. The Morgan fingerprint density at radius 2 is 2.16 bits per heavy atom. The van der Waals surface area contributed by atoms with Gasteiger partial charge in [-0.25, -0.2) is 13.1 Å². The van der Waals surface area contributed by atoms with E-state index in [-0.39, 0.29) is 16.7 Å². The number of sulfonamides is 1. The number of rotatable bonds is 8. The summed E-state index contributed by atoms with van der Waals surface area (Å²) in [5, 5.41) is 3.27. The average molecular weight is 307 g/mol. The fourth-order valence-electron chi connectivity index (χ4n) is 1.33. The first-order chi connectivity index (χ1) is 8.81. The SMILES string of the molecule is C=C(Cl)CNS(=O)(=O)c1ccc(CNCC(C)C)o1. The molecule has 1 aromatic heterocycles. The quantitative estimate of drug-likeness (QED) is 0.771. The number of furan rings is 1. The molecule has 7 heteroatoms. The van der Waals surface area contributed by atoms with Crippen LogP contribution in [0.15, 0.2) is 33.3 Å². The molecule has 0 amide bonds. The van der Waals surface area contributed by atoms with Crippen molar-refractivity contribution < 1.29 is 12.8 Å². The lowest BCUT2D eigenvalue weighted by Crippen LogP contribution is -2.24. The van der Waals surface area contributed by atoms with Gasteiger partial charge in [0, 0.05) is 11.6 Å². The summed E-state index contributed by atoms with van der Waals surface area (Å²) in [6, 6.07) is 3.06. The Balaban J connectivity index is 2.60. The molecule has 0 saturated heterocycles. The van der Waals surface area contributed by atoms with Gasteiger partial charge >= 0.3 is 0 Å². The molecule has 0 atom stereocenters. The Morgan fingerprint density at radius 1 is 1.47 bits per heavy atom. The van der Waals surface area contributed by atoms with Crippen LogP contribution in [0.3, 0.4) is 0 Å². The summed E-state index contributed by atoms with van der Waals surface area (Å²) < 4.78 is 31.2. The first-order valence-electron chi connectivity index (χ1n) is 5.93. The van der Waals surface area contributed by atoms with Crippen LogP contribution < -0.4 is 10.0 Å². The van der Waals surface area contributed by atoms with Gasteiger partial charge in [0.25, 0.3) is 10.0 Å². The zero-order valence-electron chi connectivity index (χ0n) is 11.1. The summed E-state index contributed by atoms with van der Waals surface area (Å²) in [4.78, 5) is 0. The van der Waals surface area contributed by atoms with Crippen molar-refractivity contribution in [1.29, 1.82) is 0 Å². The largest absolute Gasteiger partial charge is 0.447 e. The van der Waals surface area contributed by atoms with Gasteiger partial charge in [0.1, 0.15) is 5.76 Å². The van der Waals surface area contributed by atoms with Crippen molar-refractivity contribution >= 4 is 21.6 Å². The van der Waals surface area contributed by atoms with Gasteiger partial charge in [-0.3, -0.25) is 0 Å². The van der Waals surface area contributed by atoms with Crippen LogP contribution in [0, 0.1) is 5.92 Å². The molecule has 1 heterocycles. The molecule has 108 valence electrons. The summed E-state index contributed by atoms with van der Waals surface area (Å²) in [7, 11) is -3.67. The van der Waals surface area contributed by atoms with Crippen molar-refractivity contribution in [2.75, 3.05) is 13.1 Å². The Labute approximate surface area is 119 Å². The van der Waals surface area contributed by atoms with E-state index in [2.05, 4.69) is 30.5 Å². The molecule has 0 aliphatic carbocycles. The van der Waals surface area contributed by atoms with E-state index in [1.54, 1.807) is 6.07 Å². The standard InChI is InChI=1S/C12H19ClN2O3S/c1-9(2)6-14-8-11-4-5-12(18-11)19(16,17)15-7-10(3)13/h4-5,9,14-15H,3,6-8H2,1-2H3. The predicted octanol–water partition coefficient (Wildman–Crippen LogP) is 2.06. The van der Waals surface area contributed by atoms with E-state index < -0.39 is 10.0 Å². The first kappa shape index (κ1) is 16.2. The highest BCUT2D eigenvalue weighted by molar-refractivity contribution is 7.89. The van der Waals surface area contributed by atoms with Gasteiger partial charge in [-0.1, -0.05) is 32.0 Å². The van der Waals surface area contributed by atoms with E-state index >= 15 is 0 Å². The molecule has 2 N–H and O–H groups in total. The number of nitrogens with one attached hydrogen (secondary N) is 2. The van der Waals surface area contributed by atoms with Crippen molar-refractivity contribution in [1.82, 2.24) is 10.0 Å². The van der Waals surface area contributed by atoms with Gasteiger partial charge in [-0.05, 0) is 24.6 Å². The van der Waals surface area contributed by atoms with Crippen molar-refractivity contribution in [3.05, 3.63) is 29.5 Å². The lowest BCUT2D eigenvalue weighted by Gasteiger charge is -2.05. The van der Waals surface area contributed by atoms with E-state index in [1.165, 1.54) is 6.07 Å². The summed E-state index contributed by atoms with van der Waals surface area (Å²) in [6.07, 6.45) is 0. The second kappa shape index (κ2) is 7.09. The zero-order chi connectivity index (χ0) is 14.5. The van der Waals surface area contributed by atoms with Crippen molar-refractivity contribution in [3.63, 3.8) is 0 Å². The number of hydrogen-bond donors (Lipinski definition) is 2. The molecule has 5 nitrogen and oxygen atoms in total. The van der Waals surface area contributed by atoms with E-state index in [1.807, 2.05) is 0 Å². The van der Waals surface area contributed by atoms with E-state index in [0.717, 1.165) is 6.54 Å². The van der Waals surface area contributed by atoms with Crippen molar-refractivity contribution in [3.8, 4) is 0 Å². The van der Waals surface area contributed by atoms with Crippen LogP contribution in [0.2, 0.25) is 0 Å². The molecular formula is C12H19ClN2O3S. The Hall–Kier alpha value is -0.820. The third kappa shape index (κ3) is 5.78. The van der Waals surface area contributed by atoms with Crippen LogP contribution in [0.1, 0.15) is 19.6 Å². The second-order valence-corrected chi connectivity index (χ2v) is 6.82. The monoisotopic (exact) mass is 306 g/mol. The molecule has 19 heavy (non-hydrogen) atoms. The van der Waals surface area contributed by atoms with Crippen LogP contribution in [0.5, 0.6) is 0 Å². The second-order valence-electron chi connectivity index (χ2n) is 4.59. The highest BCUT2D eigenvalue weighted by atomic mass is 35.5. The Morgan fingerprint density at radius 3 is 2.74 bits per heavy atom. The highest BCUT2D eigenvalue weighted by Crippen LogP contribution is 2.14. The molecule has 0 aliphatic rings. The maximum atomic E-state index is 11.8. The molecule has 0 fully saturated rings. The summed E-state index contributed by atoms with van der Waals surface area (Å²) in [5.41, 5.74) is 0. The fourth-order valence-corrected chi connectivity index (χ4v) is 2.44. The van der Waals surface area contributed by atoms with Gasteiger partial charge in [-0.2, -0.15) is 0 Å². The van der Waals surface area contributed by atoms with Crippen LogP contribution >= 0.6 is 11.6 Å².